The van der Waals surface area contributed by atoms with Crippen molar-refractivity contribution in [3.63, 3.8) is 0 Å². The van der Waals surface area contributed by atoms with Gasteiger partial charge in [-0.2, -0.15) is 0 Å². The van der Waals surface area contributed by atoms with E-state index in [4.69, 9.17) is 9.47 Å². The van der Waals surface area contributed by atoms with Gasteiger partial charge in [0.15, 0.2) is 6.61 Å². The molecule has 2 aromatic rings. The molecule has 0 saturated heterocycles. The summed E-state index contributed by atoms with van der Waals surface area (Å²) in [6, 6.07) is 13.5. The molecule has 0 bridgehead atoms. The first-order chi connectivity index (χ1) is 11.1. The van der Waals surface area contributed by atoms with E-state index < -0.39 is 0 Å². The predicted octanol–water partition coefficient (Wildman–Crippen LogP) is 3.50. The van der Waals surface area contributed by atoms with Gasteiger partial charge in [-0.05, 0) is 54.8 Å². The lowest BCUT2D eigenvalue weighted by Crippen LogP contribution is -2.30. The highest BCUT2D eigenvalue weighted by Crippen LogP contribution is 2.21. The van der Waals surface area contributed by atoms with E-state index in [-0.39, 0.29) is 12.5 Å². The van der Waals surface area contributed by atoms with Crippen LogP contribution in [0.4, 0.5) is 0 Å². The Morgan fingerprint density at radius 2 is 1.83 bits per heavy atom. The summed E-state index contributed by atoms with van der Waals surface area (Å²) >= 11 is 3.43. The third-order valence-corrected chi connectivity index (χ3v) is 4.28. The molecule has 0 heterocycles. The molecule has 23 heavy (non-hydrogen) atoms. The summed E-state index contributed by atoms with van der Waals surface area (Å²) in [4.78, 5) is 11.8. The summed E-state index contributed by atoms with van der Waals surface area (Å²) < 4.78 is 11.6. The monoisotopic (exact) mass is 377 g/mol. The third kappa shape index (κ3) is 5.60. The van der Waals surface area contributed by atoms with Crippen molar-refractivity contribution < 1.29 is 14.3 Å². The summed E-state index contributed by atoms with van der Waals surface area (Å²) in [5.41, 5.74) is 2.22. The second kappa shape index (κ2) is 8.58. The first-order valence-electron chi connectivity index (χ1n) is 7.37. The van der Waals surface area contributed by atoms with Gasteiger partial charge in [-0.3, -0.25) is 4.79 Å². The molecule has 0 aliphatic carbocycles. The highest BCUT2D eigenvalue weighted by Gasteiger charge is 2.04. The summed E-state index contributed by atoms with van der Waals surface area (Å²) in [5.74, 6) is 1.39. The topological polar surface area (TPSA) is 47.6 Å². The minimum absolute atomic E-state index is 0.0175. The Hall–Kier alpha value is -2.01. The molecule has 1 amide bonds. The van der Waals surface area contributed by atoms with Crippen LogP contribution in [0, 0.1) is 6.92 Å². The summed E-state index contributed by atoms with van der Waals surface area (Å²) in [7, 11) is 1.64. The van der Waals surface area contributed by atoms with E-state index in [1.54, 1.807) is 7.11 Å². The Bertz CT molecular complexity index is 656. The Morgan fingerprint density at radius 3 is 2.48 bits per heavy atom. The quantitative estimate of drug-likeness (QED) is 0.802. The number of hydrogen-bond donors (Lipinski definition) is 1. The van der Waals surface area contributed by atoms with Gasteiger partial charge in [0.1, 0.15) is 11.5 Å². The zero-order chi connectivity index (χ0) is 16.7. The third-order valence-electron chi connectivity index (χ3n) is 3.39. The Morgan fingerprint density at radius 1 is 1.13 bits per heavy atom. The molecule has 2 aromatic carbocycles. The number of carbonyl (C=O) groups is 1. The van der Waals surface area contributed by atoms with Crippen LogP contribution < -0.4 is 14.8 Å². The number of amides is 1. The second-order valence-corrected chi connectivity index (χ2v) is 6.00. The number of benzene rings is 2. The van der Waals surface area contributed by atoms with Crippen molar-refractivity contribution in [2.45, 2.75) is 13.3 Å². The van der Waals surface area contributed by atoms with Crippen molar-refractivity contribution in [3.8, 4) is 11.5 Å². The Kier molecular flexibility index (Phi) is 6.47. The fourth-order valence-corrected chi connectivity index (χ4v) is 2.29. The molecule has 0 spiro atoms. The highest BCUT2D eigenvalue weighted by molar-refractivity contribution is 9.10. The molecule has 4 nitrogen and oxygen atoms in total. The average molecular weight is 378 g/mol. The van der Waals surface area contributed by atoms with Crippen LogP contribution >= 0.6 is 15.9 Å². The van der Waals surface area contributed by atoms with E-state index >= 15 is 0 Å². The molecule has 0 aliphatic heterocycles. The van der Waals surface area contributed by atoms with E-state index in [2.05, 4.69) is 21.2 Å². The molecule has 0 aromatic heterocycles. The zero-order valence-corrected chi connectivity index (χ0v) is 14.9. The Labute approximate surface area is 144 Å². The molecule has 0 aliphatic rings. The van der Waals surface area contributed by atoms with Crippen LogP contribution in [0.3, 0.4) is 0 Å². The van der Waals surface area contributed by atoms with Crippen LogP contribution in [-0.4, -0.2) is 26.2 Å². The van der Waals surface area contributed by atoms with Crippen molar-refractivity contribution in [1.29, 1.82) is 0 Å². The molecule has 0 radical (unpaired) electrons. The van der Waals surface area contributed by atoms with Crippen molar-refractivity contribution in [3.05, 3.63) is 58.1 Å². The number of carbonyl (C=O) groups excluding carboxylic acids is 1. The fourth-order valence-electron chi connectivity index (χ4n) is 2.05. The van der Waals surface area contributed by atoms with Crippen LogP contribution in [0.2, 0.25) is 0 Å². The number of halogens is 1. The summed E-state index contributed by atoms with van der Waals surface area (Å²) in [5, 5.41) is 2.85. The Balaban J connectivity index is 1.71. The van der Waals surface area contributed by atoms with E-state index in [1.807, 2.05) is 49.4 Å². The van der Waals surface area contributed by atoms with Gasteiger partial charge in [0.25, 0.3) is 5.91 Å². The first-order valence-corrected chi connectivity index (χ1v) is 8.16. The van der Waals surface area contributed by atoms with Crippen molar-refractivity contribution in [1.82, 2.24) is 5.32 Å². The molecular weight excluding hydrogens is 358 g/mol. The van der Waals surface area contributed by atoms with Crippen LogP contribution in [0.1, 0.15) is 11.1 Å². The van der Waals surface area contributed by atoms with Gasteiger partial charge < -0.3 is 14.8 Å². The van der Waals surface area contributed by atoms with Crippen LogP contribution in [0.15, 0.2) is 46.9 Å². The second-order valence-electron chi connectivity index (χ2n) is 5.15. The molecule has 0 unspecified atom stereocenters. The maximum absolute atomic E-state index is 11.8. The van der Waals surface area contributed by atoms with Crippen LogP contribution in [0.25, 0.3) is 0 Å². The fraction of sp³-hybridized carbons (Fsp3) is 0.278. The maximum atomic E-state index is 11.8. The van der Waals surface area contributed by atoms with E-state index in [1.165, 1.54) is 0 Å². The van der Waals surface area contributed by atoms with Crippen LogP contribution in [0.5, 0.6) is 11.5 Å². The normalized spacial score (nSPS) is 10.2. The minimum atomic E-state index is -0.126. The van der Waals surface area contributed by atoms with Gasteiger partial charge in [-0.25, -0.2) is 0 Å². The number of hydrogen-bond acceptors (Lipinski definition) is 3. The first kappa shape index (κ1) is 17.3. The number of ether oxygens (including phenoxy) is 2. The van der Waals surface area contributed by atoms with E-state index in [9.17, 15) is 4.79 Å². The van der Waals surface area contributed by atoms with E-state index in [0.29, 0.717) is 12.3 Å². The van der Waals surface area contributed by atoms with Gasteiger partial charge in [-0.15, -0.1) is 0 Å². The lowest BCUT2D eigenvalue weighted by molar-refractivity contribution is -0.123. The van der Waals surface area contributed by atoms with Gasteiger partial charge in [-0.1, -0.05) is 28.1 Å². The molecule has 0 atom stereocenters. The predicted molar refractivity (Wildman–Crippen MR) is 94.1 cm³/mol. The molecule has 5 heteroatoms. The standard InChI is InChI=1S/C18H20BrNO3/c1-13-11-16(7-8-17(13)19)23-12-18(21)20-10-9-14-3-5-15(22-2)6-4-14/h3-8,11H,9-10,12H2,1-2H3,(H,20,21). The molecule has 0 fully saturated rings. The van der Waals surface area contributed by atoms with E-state index in [0.717, 1.165) is 27.8 Å². The lowest BCUT2D eigenvalue weighted by atomic mass is 10.1. The van der Waals surface area contributed by atoms with Crippen molar-refractivity contribution >= 4 is 21.8 Å². The highest BCUT2D eigenvalue weighted by atomic mass is 79.9. The average Bonchev–Trinajstić information content (AvgIpc) is 2.56. The van der Waals surface area contributed by atoms with Gasteiger partial charge in [0.2, 0.25) is 0 Å². The van der Waals surface area contributed by atoms with Crippen molar-refractivity contribution in [2.75, 3.05) is 20.3 Å². The number of nitrogens with one attached hydrogen (secondary N) is 1. The van der Waals surface area contributed by atoms with Gasteiger partial charge >= 0.3 is 0 Å². The summed E-state index contributed by atoms with van der Waals surface area (Å²) in [6.45, 7) is 2.57. The lowest BCUT2D eigenvalue weighted by Gasteiger charge is -2.09. The van der Waals surface area contributed by atoms with Gasteiger partial charge in [0, 0.05) is 11.0 Å². The maximum Gasteiger partial charge on any atom is 0.257 e. The minimum Gasteiger partial charge on any atom is -0.497 e. The number of rotatable bonds is 7. The SMILES string of the molecule is COc1ccc(CCNC(=O)COc2ccc(Br)c(C)c2)cc1. The molecule has 122 valence electrons. The molecule has 0 saturated carbocycles. The number of methoxy groups -OCH3 is 1. The smallest absolute Gasteiger partial charge is 0.257 e. The zero-order valence-electron chi connectivity index (χ0n) is 13.3. The number of aryl methyl sites for hydroxylation is 1. The molecule has 1 N–H and O–H groups in total. The summed E-state index contributed by atoms with van der Waals surface area (Å²) in [6.07, 6.45) is 0.771. The molecular formula is C18H20BrNO3. The van der Waals surface area contributed by atoms with Crippen molar-refractivity contribution in [2.24, 2.45) is 0 Å². The van der Waals surface area contributed by atoms with Gasteiger partial charge in [0.05, 0.1) is 7.11 Å². The largest absolute Gasteiger partial charge is 0.497 e. The molecule has 2 rings (SSSR count). The van der Waals surface area contributed by atoms with Crippen LogP contribution in [-0.2, 0) is 11.2 Å².